The van der Waals surface area contributed by atoms with Crippen LogP contribution in [0.25, 0.3) is 0 Å². The molecular formula is C12H22O3. The standard InChI is InChI=1S/C12H22O3/c1-4-6-11(13)12(15-8-5-2)7-9-14-10(12)3/h10H,4-9H2,1-3H3. The fourth-order valence-electron chi connectivity index (χ4n) is 2.08. The van der Waals surface area contributed by atoms with Gasteiger partial charge in [0, 0.05) is 19.4 Å². The number of ether oxygens (including phenoxy) is 2. The quantitative estimate of drug-likeness (QED) is 0.680. The third-order valence-corrected chi connectivity index (χ3v) is 3.01. The predicted octanol–water partition coefficient (Wildman–Crippen LogP) is 2.33. The normalized spacial score (nSPS) is 30.7. The van der Waals surface area contributed by atoms with Crippen LogP contribution >= 0.6 is 0 Å². The van der Waals surface area contributed by atoms with Gasteiger partial charge in [-0.1, -0.05) is 13.8 Å². The molecule has 1 heterocycles. The Kier molecular flexibility index (Phi) is 4.74. The van der Waals surface area contributed by atoms with Crippen molar-refractivity contribution in [2.45, 2.75) is 58.2 Å². The Balaban J connectivity index is 2.71. The highest BCUT2D eigenvalue weighted by molar-refractivity contribution is 5.88. The van der Waals surface area contributed by atoms with E-state index in [1.165, 1.54) is 0 Å². The molecule has 1 fully saturated rings. The third kappa shape index (κ3) is 2.58. The maximum Gasteiger partial charge on any atom is 0.167 e. The predicted molar refractivity (Wildman–Crippen MR) is 58.9 cm³/mol. The van der Waals surface area contributed by atoms with E-state index in [2.05, 4.69) is 6.92 Å². The Labute approximate surface area is 92.1 Å². The number of rotatable bonds is 6. The smallest absolute Gasteiger partial charge is 0.167 e. The highest BCUT2D eigenvalue weighted by atomic mass is 16.6. The van der Waals surface area contributed by atoms with Gasteiger partial charge in [0.15, 0.2) is 11.4 Å². The lowest BCUT2D eigenvalue weighted by molar-refractivity contribution is -0.151. The summed E-state index contributed by atoms with van der Waals surface area (Å²) in [5.41, 5.74) is -0.647. The van der Waals surface area contributed by atoms with Gasteiger partial charge in [0.25, 0.3) is 0 Å². The highest BCUT2D eigenvalue weighted by Gasteiger charge is 2.48. The van der Waals surface area contributed by atoms with Gasteiger partial charge in [-0.15, -0.1) is 0 Å². The number of carbonyl (C=O) groups is 1. The SMILES string of the molecule is CCCOC1(C(=O)CCC)CCOC1C. The molecule has 1 rings (SSSR count). The van der Waals surface area contributed by atoms with E-state index in [0.29, 0.717) is 26.1 Å². The van der Waals surface area contributed by atoms with Gasteiger partial charge in [-0.3, -0.25) is 4.79 Å². The molecule has 0 N–H and O–H groups in total. The second-order valence-electron chi connectivity index (χ2n) is 4.17. The van der Waals surface area contributed by atoms with E-state index in [9.17, 15) is 4.79 Å². The molecule has 0 saturated carbocycles. The van der Waals surface area contributed by atoms with Gasteiger partial charge in [0.05, 0.1) is 12.7 Å². The first kappa shape index (κ1) is 12.7. The fourth-order valence-corrected chi connectivity index (χ4v) is 2.08. The van der Waals surface area contributed by atoms with Gasteiger partial charge in [0.1, 0.15) is 0 Å². The molecule has 1 saturated heterocycles. The molecule has 0 bridgehead atoms. The Bertz CT molecular complexity index is 215. The summed E-state index contributed by atoms with van der Waals surface area (Å²) >= 11 is 0. The largest absolute Gasteiger partial charge is 0.375 e. The van der Waals surface area contributed by atoms with Crippen LogP contribution in [0.1, 0.15) is 46.5 Å². The molecule has 3 nitrogen and oxygen atoms in total. The fraction of sp³-hybridized carbons (Fsp3) is 0.917. The van der Waals surface area contributed by atoms with Crippen molar-refractivity contribution in [3.8, 4) is 0 Å². The molecule has 0 aromatic rings. The summed E-state index contributed by atoms with van der Waals surface area (Å²) in [7, 11) is 0. The topological polar surface area (TPSA) is 35.5 Å². The van der Waals surface area contributed by atoms with E-state index in [0.717, 1.165) is 12.8 Å². The molecule has 0 spiro atoms. The monoisotopic (exact) mass is 214 g/mol. The molecule has 3 heteroatoms. The zero-order valence-corrected chi connectivity index (χ0v) is 10.0. The second-order valence-corrected chi connectivity index (χ2v) is 4.17. The van der Waals surface area contributed by atoms with Gasteiger partial charge < -0.3 is 9.47 Å². The summed E-state index contributed by atoms with van der Waals surface area (Å²) in [5.74, 6) is 0.212. The van der Waals surface area contributed by atoms with E-state index >= 15 is 0 Å². The van der Waals surface area contributed by atoms with Crippen molar-refractivity contribution in [2.24, 2.45) is 0 Å². The van der Waals surface area contributed by atoms with Gasteiger partial charge >= 0.3 is 0 Å². The lowest BCUT2D eigenvalue weighted by atomic mass is 9.88. The lowest BCUT2D eigenvalue weighted by Gasteiger charge is -2.30. The molecule has 1 aliphatic rings. The van der Waals surface area contributed by atoms with Gasteiger partial charge in [-0.25, -0.2) is 0 Å². The Hall–Kier alpha value is -0.410. The first-order valence-corrected chi connectivity index (χ1v) is 5.96. The summed E-state index contributed by atoms with van der Waals surface area (Å²) in [6.07, 6.45) is 3.03. The van der Waals surface area contributed by atoms with Crippen molar-refractivity contribution < 1.29 is 14.3 Å². The van der Waals surface area contributed by atoms with Crippen LogP contribution in [0.4, 0.5) is 0 Å². The third-order valence-electron chi connectivity index (χ3n) is 3.01. The zero-order chi connectivity index (χ0) is 11.3. The summed E-state index contributed by atoms with van der Waals surface area (Å²) in [4.78, 5) is 12.1. The summed E-state index contributed by atoms with van der Waals surface area (Å²) < 4.78 is 11.3. The van der Waals surface area contributed by atoms with Crippen LogP contribution in [0.15, 0.2) is 0 Å². The molecule has 15 heavy (non-hydrogen) atoms. The number of carbonyl (C=O) groups excluding carboxylic acids is 1. The molecule has 2 unspecified atom stereocenters. The molecule has 1 aliphatic heterocycles. The van der Waals surface area contributed by atoms with Gasteiger partial charge in [-0.2, -0.15) is 0 Å². The van der Waals surface area contributed by atoms with Gasteiger partial charge in [0.2, 0.25) is 0 Å². The molecule has 0 aromatic carbocycles. The Morgan fingerprint density at radius 3 is 2.67 bits per heavy atom. The van der Waals surface area contributed by atoms with Crippen molar-refractivity contribution in [2.75, 3.05) is 13.2 Å². The molecule has 0 amide bonds. The molecule has 0 aliphatic carbocycles. The summed E-state index contributed by atoms with van der Waals surface area (Å²) in [6.45, 7) is 7.30. The minimum absolute atomic E-state index is 0.0944. The maximum atomic E-state index is 12.1. The number of hydrogen-bond acceptors (Lipinski definition) is 3. The number of Topliss-reactive ketones (excluding diaryl/α,β-unsaturated/α-hetero) is 1. The number of ketones is 1. The first-order chi connectivity index (χ1) is 7.17. The molecule has 0 aromatic heterocycles. The van der Waals surface area contributed by atoms with Crippen LogP contribution in [-0.4, -0.2) is 30.7 Å². The zero-order valence-electron chi connectivity index (χ0n) is 10.0. The molecule has 0 radical (unpaired) electrons. The van der Waals surface area contributed by atoms with E-state index in [-0.39, 0.29) is 11.9 Å². The minimum Gasteiger partial charge on any atom is -0.375 e. The van der Waals surface area contributed by atoms with Crippen molar-refractivity contribution in [1.29, 1.82) is 0 Å². The highest BCUT2D eigenvalue weighted by Crippen LogP contribution is 2.32. The Morgan fingerprint density at radius 1 is 1.47 bits per heavy atom. The molecule has 88 valence electrons. The average molecular weight is 214 g/mol. The van der Waals surface area contributed by atoms with E-state index in [4.69, 9.17) is 9.47 Å². The van der Waals surface area contributed by atoms with Gasteiger partial charge in [-0.05, 0) is 19.8 Å². The van der Waals surface area contributed by atoms with Crippen LogP contribution in [-0.2, 0) is 14.3 Å². The maximum absolute atomic E-state index is 12.1. The number of hydrogen-bond donors (Lipinski definition) is 0. The van der Waals surface area contributed by atoms with Crippen LogP contribution in [0.2, 0.25) is 0 Å². The first-order valence-electron chi connectivity index (χ1n) is 5.96. The lowest BCUT2D eigenvalue weighted by Crippen LogP contribution is -2.47. The van der Waals surface area contributed by atoms with Crippen molar-refractivity contribution in [3.05, 3.63) is 0 Å². The minimum atomic E-state index is -0.647. The van der Waals surface area contributed by atoms with E-state index < -0.39 is 5.60 Å². The Morgan fingerprint density at radius 2 is 2.20 bits per heavy atom. The van der Waals surface area contributed by atoms with Crippen LogP contribution in [0.3, 0.4) is 0 Å². The van der Waals surface area contributed by atoms with E-state index in [1.807, 2.05) is 13.8 Å². The molecular weight excluding hydrogens is 192 g/mol. The van der Waals surface area contributed by atoms with Crippen molar-refractivity contribution >= 4 is 5.78 Å². The van der Waals surface area contributed by atoms with Crippen molar-refractivity contribution in [1.82, 2.24) is 0 Å². The average Bonchev–Trinajstić information content (AvgIpc) is 2.58. The summed E-state index contributed by atoms with van der Waals surface area (Å²) in [5, 5.41) is 0. The molecule has 2 atom stereocenters. The van der Waals surface area contributed by atoms with Crippen LogP contribution < -0.4 is 0 Å². The second kappa shape index (κ2) is 5.61. The van der Waals surface area contributed by atoms with Crippen LogP contribution in [0.5, 0.6) is 0 Å². The summed E-state index contributed by atoms with van der Waals surface area (Å²) in [6, 6.07) is 0. The van der Waals surface area contributed by atoms with Crippen molar-refractivity contribution in [3.63, 3.8) is 0 Å². The van der Waals surface area contributed by atoms with E-state index in [1.54, 1.807) is 0 Å². The van der Waals surface area contributed by atoms with Crippen LogP contribution in [0, 0.1) is 0 Å².